The number of aliphatic imine (C=N–C) groups is 1. The summed E-state index contributed by atoms with van der Waals surface area (Å²) in [5.41, 5.74) is -0.266. The molecule has 0 radical (unpaired) electrons. The summed E-state index contributed by atoms with van der Waals surface area (Å²) in [6.45, 7) is 0.191. The monoisotopic (exact) mass is 437 g/mol. The van der Waals surface area contributed by atoms with Gasteiger partial charge in [0.25, 0.3) is 0 Å². The van der Waals surface area contributed by atoms with Crippen molar-refractivity contribution in [3.63, 3.8) is 0 Å². The summed E-state index contributed by atoms with van der Waals surface area (Å²) in [5, 5.41) is 6.88. The summed E-state index contributed by atoms with van der Waals surface area (Å²) in [7, 11) is 1.45. The van der Waals surface area contributed by atoms with Crippen LogP contribution in [0.4, 0.5) is 24.7 Å². The zero-order valence-electron chi connectivity index (χ0n) is 15.5. The molecular formula is C19H15ClF3N5O2. The predicted molar refractivity (Wildman–Crippen MR) is 105 cm³/mol. The second-order valence-electron chi connectivity index (χ2n) is 5.91. The largest absolute Gasteiger partial charge is 0.433 e. The molecule has 2 aromatic heterocycles. The number of alkyl halides is 3. The van der Waals surface area contributed by atoms with Gasteiger partial charge in [0.05, 0.1) is 22.8 Å². The minimum Gasteiger partial charge on any atom is -0.364 e. The number of aromatic nitrogens is 2. The number of nitrogens with one attached hydrogen (secondary N) is 1. The van der Waals surface area contributed by atoms with Crippen molar-refractivity contribution in [1.29, 1.82) is 0 Å². The number of amides is 1. The van der Waals surface area contributed by atoms with E-state index in [1.807, 2.05) is 0 Å². The molecule has 11 heteroatoms. The molecule has 0 aliphatic rings. The van der Waals surface area contributed by atoms with Gasteiger partial charge in [-0.2, -0.15) is 13.2 Å². The van der Waals surface area contributed by atoms with E-state index in [0.29, 0.717) is 12.1 Å². The van der Waals surface area contributed by atoms with Crippen molar-refractivity contribution in [2.45, 2.75) is 12.7 Å². The van der Waals surface area contributed by atoms with Crippen LogP contribution in [0.15, 0.2) is 58.2 Å². The normalized spacial score (nSPS) is 12.0. The maximum absolute atomic E-state index is 13.3. The number of nitrogens with zero attached hydrogens (tertiary/aromatic N) is 4. The van der Waals surface area contributed by atoms with Gasteiger partial charge in [0, 0.05) is 13.1 Å². The topological polar surface area (TPSA) is 83.6 Å². The summed E-state index contributed by atoms with van der Waals surface area (Å²) in [6.07, 6.45) is -2.98. The molecule has 0 atom stereocenters. The van der Waals surface area contributed by atoms with Gasteiger partial charge < -0.3 is 9.84 Å². The summed E-state index contributed by atoms with van der Waals surface area (Å²) in [5.74, 6) is -0.0747. The summed E-state index contributed by atoms with van der Waals surface area (Å²) < 4.78 is 44.7. The molecule has 1 aromatic carbocycles. The SMILES string of the molecule is CN=C(NCc1ccon1)c1ccc(C(F)(F)F)nc1N(C=O)c1ccccc1Cl. The molecule has 3 aromatic rings. The van der Waals surface area contributed by atoms with E-state index in [4.69, 9.17) is 16.1 Å². The number of halogens is 4. The highest BCUT2D eigenvalue weighted by molar-refractivity contribution is 6.33. The van der Waals surface area contributed by atoms with E-state index in [1.54, 1.807) is 18.2 Å². The van der Waals surface area contributed by atoms with Crippen molar-refractivity contribution in [1.82, 2.24) is 15.5 Å². The molecule has 0 aliphatic carbocycles. The van der Waals surface area contributed by atoms with Gasteiger partial charge in [-0.05, 0) is 24.3 Å². The lowest BCUT2D eigenvalue weighted by molar-refractivity contribution is -0.141. The Bertz CT molecular complexity index is 1050. The second-order valence-corrected chi connectivity index (χ2v) is 6.32. The molecule has 1 N–H and O–H groups in total. The van der Waals surface area contributed by atoms with Crippen molar-refractivity contribution in [3.05, 3.63) is 70.7 Å². The molecule has 0 aliphatic heterocycles. The maximum Gasteiger partial charge on any atom is 0.433 e. The van der Waals surface area contributed by atoms with Crippen LogP contribution in [0.25, 0.3) is 0 Å². The van der Waals surface area contributed by atoms with Gasteiger partial charge in [-0.15, -0.1) is 0 Å². The molecular weight excluding hydrogens is 423 g/mol. The van der Waals surface area contributed by atoms with Crippen LogP contribution in [0.3, 0.4) is 0 Å². The van der Waals surface area contributed by atoms with Crippen molar-refractivity contribution in [2.75, 3.05) is 11.9 Å². The van der Waals surface area contributed by atoms with Crippen molar-refractivity contribution < 1.29 is 22.5 Å². The fourth-order valence-corrected chi connectivity index (χ4v) is 2.87. The van der Waals surface area contributed by atoms with E-state index in [1.165, 1.54) is 31.5 Å². The molecule has 2 heterocycles. The number of carbonyl (C=O) groups excluding carboxylic acids is 1. The Kier molecular flexibility index (Phi) is 6.36. The van der Waals surface area contributed by atoms with Crippen LogP contribution in [-0.4, -0.2) is 29.4 Å². The van der Waals surface area contributed by atoms with E-state index >= 15 is 0 Å². The lowest BCUT2D eigenvalue weighted by atomic mass is 10.1. The first-order valence-corrected chi connectivity index (χ1v) is 8.90. The smallest absolute Gasteiger partial charge is 0.364 e. The third kappa shape index (κ3) is 4.60. The molecule has 0 bridgehead atoms. The van der Waals surface area contributed by atoms with E-state index in [2.05, 4.69) is 20.4 Å². The Morgan fingerprint density at radius 3 is 2.63 bits per heavy atom. The van der Waals surface area contributed by atoms with Gasteiger partial charge in [0.15, 0.2) is 5.82 Å². The first kappa shape index (κ1) is 21.3. The lowest BCUT2D eigenvalue weighted by Gasteiger charge is -2.23. The standard InChI is InChI=1S/C19H15ClF3N5O2/c1-24-17(25-10-12-8-9-30-27-12)13-6-7-16(19(21,22)23)26-18(13)28(11-29)15-5-3-2-4-14(15)20/h2-9,11H,10H2,1H3,(H,24,25). The molecule has 0 fully saturated rings. The number of hydrogen-bond donors (Lipinski definition) is 1. The van der Waals surface area contributed by atoms with Crippen LogP contribution in [0.2, 0.25) is 5.02 Å². The van der Waals surface area contributed by atoms with Crippen LogP contribution < -0.4 is 10.2 Å². The van der Waals surface area contributed by atoms with E-state index < -0.39 is 11.9 Å². The summed E-state index contributed by atoms with van der Waals surface area (Å²) in [6, 6.07) is 9.87. The molecule has 0 saturated carbocycles. The van der Waals surface area contributed by atoms with Crippen molar-refractivity contribution in [3.8, 4) is 0 Å². The minimum atomic E-state index is -4.71. The molecule has 0 spiro atoms. The number of anilines is 2. The average molecular weight is 438 g/mol. The fourth-order valence-electron chi connectivity index (χ4n) is 2.64. The number of hydrogen-bond acceptors (Lipinski definition) is 5. The summed E-state index contributed by atoms with van der Waals surface area (Å²) in [4.78, 5) is 20.6. The first-order valence-electron chi connectivity index (χ1n) is 8.52. The zero-order valence-corrected chi connectivity index (χ0v) is 16.3. The maximum atomic E-state index is 13.3. The average Bonchev–Trinajstić information content (AvgIpc) is 3.24. The van der Waals surface area contributed by atoms with Gasteiger partial charge in [0.1, 0.15) is 23.5 Å². The lowest BCUT2D eigenvalue weighted by Crippen LogP contribution is -2.28. The highest BCUT2D eigenvalue weighted by Gasteiger charge is 2.34. The summed E-state index contributed by atoms with van der Waals surface area (Å²) >= 11 is 6.16. The Labute approximate surface area is 174 Å². The van der Waals surface area contributed by atoms with Gasteiger partial charge in [0.2, 0.25) is 6.41 Å². The molecule has 0 unspecified atom stereocenters. The minimum absolute atomic E-state index is 0.167. The van der Waals surface area contributed by atoms with E-state index in [0.717, 1.165) is 11.0 Å². The van der Waals surface area contributed by atoms with Gasteiger partial charge in [-0.25, -0.2) is 4.98 Å². The molecule has 30 heavy (non-hydrogen) atoms. The zero-order chi connectivity index (χ0) is 21.7. The van der Waals surface area contributed by atoms with Gasteiger partial charge >= 0.3 is 6.18 Å². The number of benzene rings is 1. The Balaban J connectivity index is 2.10. The highest BCUT2D eigenvalue weighted by Crippen LogP contribution is 2.35. The Morgan fingerprint density at radius 2 is 2.03 bits per heavy atom. The van der Waals surface area contributed by atoms with Crippen molar-refractivity contribution >= 4 is 35.4 Å². The van der Waals surface area contributed by atoms with Crippen LogP contribution in [0.5, 0.6) is 0 Å². The Hall–Kier alpha value is -3.40. The van der Waals surface area contributed by atoms with Crippen LogP contribution in [0, 0.1) is 0 Å². The number of carbonyl (C=O) groups is 1. The molecule has 0 saturated heterocycles. The van der Waals surface area contributed by atoms with Gasteiger partial charge in [-0.3, -0.25) is 14.7 Å². The number of rotatable bonds is 6. The van der Waals surface area contributed by atoms with E-state index in [-0.39, 0.29) is 34.5 Å². The molecule has 156 valence electrons. The third-order valence-corrected chi connectivity index (χ3v) is 4.34. The quantitative estimate of drug-likeness (QED) is 0.355. The van der Waals surface area contributed by atoms with Crippen LogP contribution in [0.1, 0.15) is 17.0 Å². The first-order chi connectivity index (χ1) is 14.3. The molecule has 1 amide bonds. The third-order valence-electron chi connectivity index (χ3n) is 4.02. The molecule has 3 rings (SSSR count). The van der Waals surface area contributed by atoms with Crippen molar-refractivity contribution in [2.24, 2.45) is 4.99 Å². The highest BCUT2D eigenvalue weighted by atomic mass is 35.5. The van der Waals surface area contributed by atoms with E-state index in [9.17, 15) is 18.0 Å². The molecule has 7 nitrogen and oxygen atoms in total. The van der Waals surface area contributed by atoms with Crippen LogP contribution >= 0.6 is 11.6 Å². The number of para-hydroxylation sites is 1. The second kappa shape index (κ2) is 8.95. The fraction of sp³-hybridized carbons (Fsp3) is 0.158. The van der Waals surface area contributed by atoms with Crippen LogP contribution in [-0.2, 0) is 17.5 Å². The predicted octanol–water partition coefficient (Wildman–Crippen LogP) is 4.20. The number of pyridine rings is 1. The van der Waals surface area contributed by atoms with Gasteiger partial charge in [-0.1, -0.05) is 28.9 Å². The number of amidine groups is 1. The Morgan fingerprint density at radius 1 is 1.27 bits per heavy atom.